The van der Waals surface area contributed by atoms with E-state index >= 15 is 0 Å². The van der Waals surface area contributed by atoms with E-state index in [1.165, 1.54) is 6.07 Å². The van der Waals surface area contributed by atoms with Gasteiger partial charge in [0, 0.05) is 12.2 Å². The molecule has 2 N–H and O–H groups in total. The molecule has 0 fully saturated rings. The molecule has 3 aromatic rings. The summed E-state index contributed by atoms with van der Waals surface area (Å²) in [4.78, 5) is 12.3. The van der Waals surface area contributed by atoms with Gasteiger partial charge in [0.05, 0.1) is 11.6 Å². The molecule has 3 rings (SSSR count). The molecule has 0 aliphatic heterocycles. The lowest BCUT2D eigenvalue weighted by atomic mass is 10.1. The van der Waals surface area contributed by atoms with Gasteiger partial charge in [-0.2, -0.15) is 0 Å². The van der Waals surface area contributed by atoms with Crippen LogP contribution in [-0.4, -0.2) is 25.7 Å². The second kappa shape index (κ2) is 12.2. The molecule has 7 heteroatoms. The highest BCUT2D eigenvalue weighted by atomic mass is 35.5. The van der Waals surface area contributed by atoms with Crippen LogP contribution in [0.25, 0.3) is 0 Å². The fourth-order valence-corrected chi connectivity index (χ4v) is 3.54. The van der Waals surface area contributed by atoms with Crippen molar-refractivity contribution in [1.82, 2.24) is 5.32 Å². The number of carbonyl (C=O) groups is 1. The van der Waals surface area contributed by atoms with Gasteiger partial charge in [0.15, 0.2) is 18.1 Å². The lowest BCUT2D eigenvalue weighted by Crippen LogP contribution is -2.20. The zero-order chi connectivity index (χ0) is 23.6. The number of benzene rings is 3. The number of nitrogens with one attached hydrogen (secondary N) is 2. The van der Waals surface area contributed by atoms with E-state index in [4.69, 9.17) is 21.1 Å². The molecular weight excluding hydrogens is 443 g/mol. The van der Waals surface area contributed by atoms with Gasteiger partial charge in [0.1, 0.15) is 5.82 Å². The predicted molar refractivity (Wildman–Crippen MR) is 130 cm³/mol. The minimum absolute atomic E-state index is 0.200. The quantitative estimate of drug-likeness (QED) is 0.361. The highest BCUT2D eigenvalue weighted by Gasteiger charge is 2.15. The smallest absolute Gasteiger partial charge is 0.262 e. The molecule has 0 bridgehead atoms. The third kappa shape index (κ3) is 7.48. The van der Waals surface area contributed by atoms with Crippen LogP contribution < -0.4 is 20.1 Å². The highest BCUT2D eigenvalue weighted by Crippen LogP contribution is 2.36. The molecule has 0 saturated carbocycles. The maximum Gasteiger partial charge on any atom is 0.262 e. The van der Waals surface area contributed by atoms with Crippen molar-refractivity contribution in [2.75, 3.05) is 25.1 Å². The SMILES string of the molecule is CCOc1cc(CNCCc2ccccc2F)cc(Cl)c1OCC(=O)Nc1ccc(C)cc1. The van der Waals surface area contributed by atoms with Crippen molar-refractivity contribution >= 4 is 23.2 Å². The van der Waals surface area contributed by atoms with Gasteiger partial charge in [-0.1, -0.05) is 47.5 Å². The summed E-state index contributed by atoms with van der Waals surface area (Å²) in [5.74, 6) is 0.303. The third-order valence-electron chi connectivity index (χ3n) is 4.91. The Hall–Kier alpha value is -3.09. The molecular formula is C26H28ClFN2O3. The number of halogens is 2. The molecule has 174 valence electrons. The Bertz CT molecular complexity index is 1070. The van der Waals surface area contributed by atoms with Crippen molar-refractivity contribution in [3.8, 4) is 11.5 Å². The number of carbonyl (C=O) groups excluding carboxylic acids is 1. The van der Waals surface area contributed by atoms with E-state index in [1.54, 1.807) is 18.2 Å². The Labute approximate surface area is 198 Å². The summed E-state index contributed by atoms with van der Waals surface area (Å²) in [6.07, 6.45) is 0.579. The molecule has 0 radical (unpaired) electrons. The third-order valence-corrected chi connectivity index (χ3v) is 5.19. The first kappa shape index (κ1) is 24.6. The van der Waals surface area contributed by atoms with Crippen LogP contribution in [0.2, 0.25) is 5.02 Å². The number of hydrogen-bond donors (Lipinski definition) is 2. The van der Waals surface area contributed by atoms with Crippen LogP contribution in [-0.2, 0) is 17.8 Å². The molecule has 0 atom stereocenters. The van der Waals surface area contributed by atoms with Crippen LogP contribution in [0.4, 0.5) is 10.1 Å². The molecule has 0 aliphatic rings. The molecule has 5 nitrogen and oxygen atoms in total. The normalized spacial score (nSPS) is 10.7. The number of hydrogen-bond acceptors (Lipinski definition) is 4. The topological polar surface area (TPSA) is 59.6 Å². The number of ether oxygens (including phenoxy) is 2. The first-order valence-corrected chi connectivity index (χ1v) is 11.2. The predicted octanol–water partition coefficient (Wildman–Crippen LogP) is 5.54. The Balaban J connectivity index is 1.57. The first-order valence-electron chi connectivity index (χ1n) is 10.8. The van der Waals surface area contributed by atoms with E-state index in [0.29, 0.717) is 53.9 Å². The summed E-state index contributed by atoms with van der Waals surface area (Å²) >= 11 is 6.45. The molecule has 0 aromatic heterocycles. The average Bonchev–Trinajstić information content (AvgIpc) is 2.79. The summed E-state index contributed by atoms with van der Waals surface area (Å²) < 4.78 is 25.1. The molecule has 1 amide bonds. The van der Waals surface area contributed by atoms with Crippen LogP contribution in [0, 0.1) is 12.7 Å². The van der Waals surface area contributed by atoms with Gasteiger partial charge in [-0.25, -0.2) is 4.39 Å². The average molecular weight is 471 g/mol. The van der Waals surface area contributed by atoms with E-state index in [0.717, 1.165) is 11.1 Å². The largest absolute Gasteiger partial charge is 0.490 e. The van der Waals surface area contributed by atoms with Gasteiger partial charge >= 0.3 is 0 Å². The van der Waals surface area contributed by atoms with Crippen LogP contribution >= 0.6 is 11.6 Å². The summed E-state index contributed by atoms with van der Waals surface area (Å²) in [5, 5.41) is 6.43. The van der Waals surface area contributed by atoms with Gasteiger partial charge in [-0.3, -0.25) is 4.79 Å². The molecule has 3 aromatic carbocycles. The zero-order valence-electron chi connectivity index (χ0n) is 18.8. The molecule has 0 unspecified atom stereocenters. The maximum atomic E-state index is 13.7. The summed E-state index contributed by atoms with van der Waals surface area (Å²) in [6, 6.07) is 17.9. The first-order chi connectivity index (χ1) is 16.0. The molecule has 0 saturated heterocycles. The van der Waals surface area contributed by atoms with Crippen molar-refractivity contribution in [1.29, 1.82) is 0 Å². The Kier molecular flexibility index (Phi) is 9.10. The van der Waals surface area contributed by atoms with Crippen LogP contribution in [0.15, 0.2) is 60.7 Å². The summed E-state index contributed by atoms with van der Waals surface area (Å²) in [7, 11) is 0. The van der Waals surface area contributed by atoms with E-state index in [1.807, 2.05) is 50.2 Å². The van der Waals surface area contributed by atoms with Crippen molar-refractivity contribution in [3.63, 3.8) is 0 Å². The van der Waals surface area contributed by atoms with Crippen molar-refractivity contribution in [2.45, 2.75) is 26.8 Å². The number of anilines is 1. The number of amides is 1. The molecule has 33 heavy (non-hydrogen) atoms. The van der Waals surface area contributed by atoms with E-state index in [2.05, 4.69) is 10.6 Å². The summed E-state index contributed by atoms with van der Waals surface area (Å²) in [6.45, 7) is 5.21. The second-order valence-electron chi connectivity index (χ2n) is 7.56. The van der Waals surface area contributed by atoms with Crippen LogP contribution in [0.5, 0.6) is 11.5 Å². The Morgan fingerprint density at radius 1 is 1.06 bits per heavy atom. The lowest BCUT2D eigenvalue weighted by molar-refractivity contribution is -0.118. The van der Waals surface area contributed by atoms with Gasteiger partial charge < -0.3 is 20.1 Å². The summed E-state index contributed by atoms with van der Waals surface area (Å²) in [5.41, 5.74) is 3.38. The number of rotatable bonds is 11. The van der Waals surface area contributed by atoms with Gasteiger partial charge in [0.25, 0.3) is 5.91 Å². The Morgan fingerprint density at radius 2 is 1.82 bits per heavy atom. The number of aryl methyl sites for hydroxylation is 1. The van der Waals surface area contributed by atoms with Gasteiger partial charge in [-0.15, -0.1) is 0 Å². The second-order valence-corrected chi connectivity index (χ2v) is 7.97. The fraction of sp³-hybridized carbons (Fsp3) is 0.269. The fourth-order valence-electron chi connectivity index (χ4n) is 3.26. The van der Waals surface area contributed by atoms with Crippen LogP contribution in [0.1, 0.15) is 23.6 Å². The van der Waals surface area contributed by atoms with Gasteiger partial charge in [0.2, 0.25) is 0 Å². The van der Waals surface area contributed by atoms with Crippen molar-refractivity contribution in [2.24, 2.45) is 0 Å². The van der Waals surface area contributed by atoms with Crippen LogP contribution in [0.3, 0.4) is 0 Å². The van der Waals surface area contributed by atoms with E-state index in [-0.39, 0.29) is 18.3 Å². The standard InChI is InChI=1S/C26H28ClFN2O3/c1-3-32-24-15-19(16-29-13-12-20-6-4-5-7-23(20)28)14-22(27)26(24)33-17-25(31)30-21-10-8-18(2)9-11-21/h4-11,14-15,29H,3,12-13,16-17H2,1-2H3,(H,30,31). The minimum Gasteiger partial charge on any atom is -0.490 e. The van der Waals surface area contributed by atoms with Crippen molar-refractivity contribution < 1.29 is 18.7 Å². The lowest BCUT2D eigenvalue weighted by Gasteiger charge is -2.16. The van der Waals surface area contributed by atoms with E-state index in [9.17, 15) is 9.18 Å². The molecule has 0 spiro atoms. The van der Waals surface area contributed by atoms with Gasteiger partial charge in [-0.05, 0) is 68.3 Å². The molecule has 0 heterocycles. The zero-order valence-corrected chi connectivity index (χ0v) is 19.5. The highest BCUT2D eigenvalue weighted by molar-refractivity contribution is 6.32. The monoisotopic (exact) mass is 470 g/mol. The Morgan fingerprint density at radius 3 is 2.55 bits per heavy atom. The minimum atomic E-state index is -0.295. The van der Waals surface area contributed by atoms with E-state index < -0.39 is 0 Å². The molecule has 0 aliphatic carbocycles. The maximum absolute atomic E-state index is 13.7. The van der Waals surface area contributed by atoms with Crippen molar-refractivity contribution in [3.05, 3.63) is 88.2 Å².